The fourth-order valence-corrected chi connectivity index (χ4v) is 8.28. The molecule has 0 aliphatic rings. The Hall–Kier alpha value is -7.16. The number of nitrogens with two attached hydrogens (primary N) is 1. The molecule has 260 valence electrons. The number of fused-ring (bicyclic) bond motifs is 5. The van der Waals surface area contributed by atoms with E-state index in [0.717, 1.165) is 28.1 Å². The molecule has 1 aromatic heterocycles. The molecule has 0 fully saturated rings. The highest BCUT2D eigenvalue weighted by atomic mass is 15.0. The number of hydrogen-bond donors (Lipinski definition) is 1. The van der Waals surface area contributed by atoms with Crippen molar-refractivity contribution in [1.29, 1.82) is 0 Å². The van der Waals surface area contributed by atoms with E-state index < -0.39 is 0 Å². The molecule has 0 saturated heterocycles. The van der Waals surface area contributed by atoms with Crippen LogP contribution in [0.15, 0.2) is 212 Å². The molecule has 1 heterocycles. The zero-order chi connectivity index (χ0) is 36.7. The van der Waals surface area contributed by atoms with Crippen LogP contribution in [0, 0.1) is 0 Å². The quantitative estimate of drug-likeness (QED) is 0.176. The van der Waals surface area contributed by atoms with Crippen molar-refractivity contribution in [3.05, 3.63) is 229 Å². The van der Waals surface area contributed by atoms with Gasteiger partial charge in [-0.05, 0) is 103 Å². The van der Waals surface area contributed by atoms with Crippen LogP contribution >= 0.6 is 0 Å². The van der Waals surface area contributed by atoms with Crippen LogP contribution in [0.4, 0.5) is 0 Å². The van der Waals surface area contributed by atoms with E-state index in [2.05, 4.69) is 217 Å². The summed E-state index contributed by atoms with van der Waals surface area (Å²) in [4.78, 5) is 0. The van der Waals surface area contributed by atoms with Crippen molar-refractivity contribution in [3.63, 3.8) is 0 Å². The minimum Gasteiger partial charge on any atom is -0.398 e. The second-order valence-corrected chi connectivity index (χ2v) is 14.3. The molecule has 0 aliphatic carbocycles. The van der Waals surface area contributed by atoms with Gasteiger partial charge in [0, 0.05) is 28.1 Å². The second-order valence-electron chi connectivity index (χ2n) is 14.3. The molecule has 2 nitrogen and oxygen atoms in total. The third kappa shape index (κ3) is 5.95. The lowest BCUT2D eigenvalue weighted by Gasteiger charge is -2.18. The molecule has 0 amide bonds. The number of aromatic nitrogens is 1. The van der Waals surface area contributed by atoms with Gasteiger partial charge in [0.15, 0.2) is 0 Å². The summed E-state index contributed by atoms with van der Waals surface area (Å²) >= 11 is 0. The first kappa shape index (κ1) is 32.5. The number of rotatable bonds is 7. The molecule has 1 atom stereocenters. The van der Waals surface area contributed by atoms with Gasteiger partial charge in [0.05, 0.1) is 11.0 Å². The van der Waals surface area contributed by atoms with Gasteiger partial charge in [-0.15, -0.1) is 0 Å². The van der Waals surface area contributed by atoms with Crippen molar-refractivity contribution < 1.29 is 0 Å². The van der Waals surface area contributed by atoms with Gasteiger partial charge >= 0.3 is 0 Å². The zero-order valence-corrected chi connectivity index (χ0v) is 30.3. The lowest BCUT2D eigenvalue weighted by molar-refractivity contribution is 1.04. The average Bonchev–Trinajstić information content (AvgIpc) is 3.59. The van der Waals surface area contributed by atoms with Crippen molar-refractivity contribution in [1.82, 2.24) is 4.57 Å². The topological polar surface area (TPSA) is 30.9 Å². The van der Waals surface area contributed by atoms with Crippen molar-refractivity contribution in [2.24, 2.45) is 5.73 Å². The first-order valence-electron chi connectivity index (χ1n) is 18.9. The highest BCUT2D eigenvalue weighted by Crippen LogP contribution is 2.37. The molecule has 10 aromatic rings. The molecule has 9 aromatic carbocycles. The minimum atomic E-state index is 0.0191. The van der Waals surface area contributed by atoms with Crippen LogP contribution < -0.4 is 5.73 Å². The van der Waals surface area contributed by atoms with Gasteiger partial charge in [-0.25, -0.2) is 0 Å². The predicted octanol–water partition coefficient (Wildman–Crippen LogP) is 13.6. The summed E-state index contributed by atoms with van der Waals surface area (Å²) in [6, 6.07) is 74.2. The fourth-order valence-electron chi connectivity index (χ4n) is 8.28. The van der Waals surface area contributed by atoms with Gasteiger partial charge in [-0.2, -0.15) is 0 Å². The molecule has 0 spiro atoms. The van der Waals surface area contributed by atoms with E-state index in [1.165, 1.54) is 65.6 Å². The highest BCUT2D eigenvalue weighted by Gasteiger charge is 2.17. The van der Waals surface area contributed by atoms with Crippen LogP contribution in [-0.4, -0.2) is 4.57 Å². The van der Waals surface area contributed by atoms with Gasteiger partial charge < -0.3 is 10.3 Å². The van der Waals surface area contributed by atoms with E-state index in [4.69, 9.17) is 5.73 Å². The lowest BCUT2D eigenvalue weighted by Crippen LogP contribution is -2.04. The van der Waals surface area contributed by atoms with Gasteiger partial charge in [-0.1, -0.05) is 170 Å². The summed E-state index contributed by atoms with van der Waals surface area (Å²) in [6.07, 6.45) is 2.21. The molecule has 1 unspecified atom stereocenters. The first-order chi connectivity index (χ1) is 27.2. The highest BCUT2D eigenvalue weighted by molar-refractivity contribution is 6.10. The van der Waals surface area contributed by atoms with Gasteiger partial charge in [0.1, 0.15) is 0 Å². The van der Waals surface area contributed by atoms with Crippen molar-refractivity contribution >= 4 is 49.0 Å². The normalized spacial score (nSPS) is 12.5. The van der Waals surface area contributed by atoms with Crippen molar-refractivity contribution in [2.45, 2.75) is 5.92 Å². The molecule has 0 radical (unpaired) electrons. The fraction of sp³-hybridized carbons (Fsp3) is 0.0189. The van der Waals surface area contributed by atoms with E-state index >= 15 is 0 Å². The largest absolute Gasteiger partial charge is 0.398 e. The molecule has 2 N–H and O–H groups in total. The number of allylic oxidation sites excluding steroid dienone is 1. The molecule has 10 rings (SSSR count). The van der Waals surface area contributed by atoms with Crippen LogP contribution in [-0.2, 0) is 0 Å². The van der Waals surface area contributed by atoms with E-state index in [1.54, 1.807) is 0 Å². The smallest absolute Gasteiger partial charge is 0.0541 e. The number of para-hydroxylation sites is 1. The maximum atomic E-state index is 6.89. The summed E-state index contributed by atoms with van der Waals surface area (Å²) in [6.45, 7) is 0. The zero-order valence-electron chi connectivity index (χ0n) is 30.3. The number of nitrogens with zero attached hydrogens (tertiary/aromatic N) is 1. The molecule has 0 saturated carbocycles. The number of hydrogen-bond acceptors (Lipinski definition) is 1. The Morgan fingerprint density at radius 3 is 1.80 bits per heavy atom. The monoisotopic (exact) mass is 702 g/mol. The summed E-state index contributed by atoms with van der Waals surface area (Å²) in [5.74, 6) is 0.0191. The number of benzene rings is 9. The molecule has 0 bridgehead atoms. The summed E-state index contributed by atoms with van der Waals surface area (Å²) < 4.78 is 2.38. The SMILES string of the molecule is N/C(=C\C(c1ccccc1)c1cccc2ccccc12)c1ccc(-c2ccc(-n3c4ccccc4c4cc(-c5ccc6ccccc6c5)ccc43)cc2)cc1. The van der Waals surface area contributed by atoms with E-state index in [-0.39, 0.29) is 5.92 Å². The second kappa shape index (κ2) is 13.7. The lowest BCUT2D eigenvalue weighted by atomic mass is 9.86. The Labute approximate surface area is 321 Å². The third-order valence-electron chi connectivity index (χ3n) is 11.1. The molecule has 2 heteroatoms. The average molecular weight is 703 g/mol. The summed E-state index contributed by atoms with van der Waals surface area (Å²) in [5, 5.41) is 7.49. The van der Waals surface area contributed by atoms with E-state index in [9.17, 15) is 0 Å². The predicted molar refractivity (Wildman–Crippen MR) is 234 cm³/mol. The van der Waals surface area contributed by atoms with E-state index in [1.807, 2.05) is 0 Å². The van der Waals surface area contributed by atoms with Crippen LogP contribution in [0.25, 0.3) is 77.0 Å². The summed E-state index contributed by atoms with van der Waals surface area (Å²) in [7, 11) is 0. The minimum absolute atomic E-state index is 0.0191. The van der Waals surface area contributed by atoms with Gasteiger partial charge in [-0.3, -0.25) is 0 Å². The van der Waals surface area contributed by atoms with Crippen LogP contribution in [0.1, 0.15) is 22.6 Å². The van der Waals surface area contributed by atoms with E-state index in [0.29, 0.717) is 0 Å². The molecule has 55 heavy (non-hydrogen) atoms. The Kier molecular flexibility index (Phi) is 8.08. The molecular weight excluding hydrogens is 665 g/mol. The Bertz CT molecular complexity index is 3020. The third-order valence-corrected chi connectivity index (χ3v) is 11.1. The maximum Gasteiger partial charge on any atom is 0.0541 e. The maximum absolute atomic E-state index is 6.89. The summed E-state index contributed by atoms with van der Waals surface area (Å²) in [5.41, 5.74) is 19.4. The molecule has 0 aliphatic heterocycles. The van der Waals surface area contributed by atoms with Gasteiger partial charge in [0.25, 0.3) is 0 Å². The Morgan fingerprint density at radius 1 is 0.418 bits per heavy atom. The van der Waals surface area contributed by atoms with Crippen molar-refractivity contribution in [2.75, 3.05) is 0 Å². The van der Waals surface area contributed by atoms with Crippen LogP contribution in [0.5, 0.6) is 0 Å². The van der Waals surface area contributed by atoms with Gasteiger partial charge in [0.2, 0.25) is 0 Å². The Morgan fingerprint density at radius 2 is 1.00 bits per heavy atom. The standard InChI is InChI=1S/C53H38N2/c54-51(35-49(40-12-2-1-3-13-40)47-19-10-16-39-14-6-7-17-46(39)47)41-24-21-37(22-25-41)38-27-30-45(31-28-38)55-52-20-9-8-18-48(52)50-34-44(29-32-53(50)55)43-26-23-36-11-4-5-15-42(36)33-43/h1-35,49H,54H2/b51-35-. The van der Waals surface area contributed by atoms with Crippen LogP contribution in [0.2, 0.25) is 0 Å². The van der Waals surface area contributed by atoms with Crippen molar-refractivity contribution in [3.8, 4) is 27.9 Å². The first-order valence-corrected chi connectivity index (χ1v) is 18.9. The Balaban J connectivity index is 0.961. The van der Waals surface area contributed by atoms with Crippen LogP contribution in [0.3, 0.4) is 0 Å². The molecular formula is C53H38N2.